The number of nitrogens with one attached hydrogen (secondary N) is 1. The van der Waals surface area contributed by atoms with Crippen LogP contribution in [0, 0.1) is 5.92 Å². The van der Waals surface area contributed by atoms with Gasteiger partial charge in [0.15, 0.2) is 0 Å². The van der Waals surface area contributed by atoms with E-state index in [-0.39, 0.29) is 18.4 Å². The lowest BCUT2D eigenvalue weighted by Gasteiger charge is -2.15. The maximum atomic E-state index is 11.9. The Balaban J connectivity index is 2.35. The lowest BCUT2D eigenvalue weighted by atomic mass is 10.1. The van der Waals surface area contributed by atoms with Crippen molar-refractivity contribution in [3.8, 4) is 5.75 Å². The summed E-state index contributed by atoms with van der Waals surface area (Å²) in [5.74, 6) is 1.09. The average Bonchev–Trinajstić information content (AvgIpc) is 2.35. The van der Waals surface area contributed by atoms with E-state index in [4.69, 9.17) is 10.5 Å². The van der Waals surface area contributed by atoms with E-state index < -0.39 is 10.0 Å². The van der Waals surface area contributed by atoms with Crippen LogP contribution in [0.15, 0.2) is 24.3 Å². The molecule has 0 spiro atoms. The van der Waals surface area contributed by atoms with E-state index in [0.717, 1.165) is 12.8 Å². The van der Waals surface area contributed by atoms with Crippen LogP contribution in [-0.4, -0.2) is 26.8 Å². The van der Waals surface area contributed by atoms with E-state index in [9.17, 15) is 8.42 Å². The van der Waals surface area contributed by atoms with Crippen molar-refractivity contribution in [3.63, 3.8) is 0 Å². The van der Waals surface area contributed by atoms with Gasteiger partial charge in [-0.3, -0.25) is 0 Å². The number of sulfonamides is 1. The molecule has 0 radical (unpaired) electrons. The van der Waals surface area contributed by atoms with E-state index in [0.29, 0.717) is 17.4 Å². The fourth-order valence-electron chi connectivity index (χ4n) is 1.88. The molecule has 120 valence electrons. The van der Waals surface area contributed by atoms with E-state index >= 15 is 0 Å². The van der Waals surface area contributed by atoms with Crippen LogP contribution in [0.25, 0.3) is 0 Å². The summed E-state index contributed by atoms with van der Waals surface area (Å²) >= 11 is 0. The molecule has 0 fully saturated rings. The minimum Gasteiger partial charge on any atom is -0.492 e. The molecule has 3 N–H and O–H groups in total. The Morgan fingerprint density at radius 1 is 1.24 bits per heavy atom. The molecule has 0 saturated heterocycles. The molecule has 1 aromatic carbocycles. The normalized spacial score (nSPS) is 13.3. The monoisotopic (exact) mass is 314 g/mol. The second-order valence-corrected chi connectivity index (χ2v) is 7.60. The number of hydrogen-bond donors (Lipinski definition) is 2. The van der Waals surface area contributed by atoms with E-state index in [2.05, 4.69) is 18.6 Å². The first-order valence-electron chi connectivity index (χ1n) is 7.27. The lowest BCUT2D eigenvalue weighted by molar-refractivity contribution is 0.340. The number of hydrogen-bond acceptors (Lipinski definition) is 4. The molecule has 1 rings (SSSR count). The Kier molecular flexibility index (Phi) is 6.98. The van der Waals surface area contributed by atoms with Crippen LogP contribution in [0.2, 0.25) is 0 Å². The molecule has 6 heteroatoms. The van der Waals surface area contributed by atoms with Gasteiger partial charge >= 0.3 is 0 Å². The fourth-order valence-corrected chi connectivity index (χ4v) is 3.03. The first-order valence-corrected chi connectivity index (χ1v) is 8.92. The molecule has 0 amide bonds. The quantitative estimate of drug-likeness (QED) is 0.686. The zero-order chi connectivity index (χ0) is 15.9. The Bertz CT molecular complexity index is 529. The van der Waals surface area contributed by atoms with Crippen LogP contribution in [-0.2, 0) is 10.0 Å². The van der Waals surface area contributed by atoms with Gasteiger partial charge in [0, 0.05) is 17.8 Å². The fraction of sp³-hybridized carbons (Fsp3) is 0.600. The van der Waals surface area contributed by atoms with Gasteiger partial charge in [-0.05, 0) is 37.8 Å². The number of ether oxygens (including phenoxy) is 1. The van der Waals surface area contributed by atoms with Crippen molar-refractivity contribution in [2.75, 3.05) is 18.1 Å². The Morgan fingerprint density at radius 3 is 2.57 bits per heavy atom. The third-order valence-electron chi connectivity index (χ3n) is 3.04. The first-order chi connectivity index (χ1) is 9.78. The summed E-state index contributed by atoms with van der Waals surface area (Å²) in [5.41, 5.74) is 6.22. The van der Waals surface area contributed by atoms with Crippen LogP contribution < -0.4 is 15.2 Å². The van der Waals surface area contributed by atoms with E-state index in [1.54, 1.807) is 24.3 Å². The van der Waals surface area contributed by atoms with Crippen molar-refractivity contribution in [3.05, 3.63) is 24.3 Å². The molecule has 0 aliphatic carbocycles. The van der Waals surface area contributed by atoms with Gasteiger partial charge in [-0.2, -0.15) is 0 Å². The molecule has 5 nitrogen and oxygen atoms in total. The molecular formula is C15H26N2O3S. The minimum atomic E-state index is -3.32. The maximum absolute atomic E-state index is 11.9. The molecule has 1 unspecified atom stereocenters. The highest BCUT2D eigenvalue weighted by atomic mass is 32.2. The number of anilines is 1. The second kappa shape index (κ2) is 8.24. The van der Waals surface area contributed by atoms with Gasteiger partial charge in [-0.25, -0.2) is 13.1 Å². The molecule has 1 aromatic rings. The molecule has 0 bridgehead atoms. The molecule has 0 saturated carbocycles. The van der Waals surface area contributed by atoms with Gasteiger partial charge in [0.25, 0.3) is 0 Å². The third kappa shape index (κ3) is 7.92. The summed E-state index contributed by atoms with van der Waals surface area (Å²) in [6.07, 6.45) is 1.84. The van der Waals surface area contributed by atoms with Crippen LogP contribution >= 0.6 is 0 Å². The molecule has 0 aliphatic heterocycles. The second-order valence-electron chi connectivity index (χ2n) is 5.73. The number of rotatable bonds is 9. The number of nitrogens with two attached hydrogens (primary N) is 1. The predicted molar refractivity (Wildman–Crippen MR) is 86.8 cm³/mol. The summed E-state index contributed by atoms with van der Waals surface area (Å²) < 4.78 is 31.9. The SMILES string of the molecule is CC(C)CCC(C)NS(=O)(=O)CCOc1cccc(N)c1. The minimum absolute atomic E-state index is 0.0511. The number of benzene rings is 1. The number of nitrogen functional groups attached to an aromatic ring is 1. The van der Waals surface area contributed by atoms with Crippen LogP contribution in [0.5, 0.6) is 5.75 Å². The summed E-state index contributed by atoms with van der Waals surface area (Å²) in [5, 5.41) is 0. The van der Waals surface area contributed by atoms with Crippen LogP contribution in [0.3, 0.4) is 0 Å². The third-order valence-corrected chi connectivity index (χ3v) is 4.50. The Hall–Kier alpha value is -1.27. The van der Waals surface area contributed by atoms with Crippen molar-refractivity contribution >= 4 is 15.7 Å². The first kappa shape index (κ1) is 17.8. The van der Waals surface area contributed by atoms with Gasteiger partial charge in [-0.1, -0.05) is 19.9 Å². The lowest BCUT2D eigenvalue weighted by Crippen LogP contribution is -2.36. The molecule has 0 aliphatic rings. The highest BCUT2D eigenvalue weighted by molar-refractivity contribution is 7.89. The van der Waals surface area contributed by atoms with E-state index in [1.807, 2.05) is 6.92 Å². The Labute approximate surface area is 127 Å². The topological polar surface area (TPSA) is 81.4 Å². The van der Waals surface area contributed by atoms with Crippen molar-refractivity contribution < 1.29 is 13.2 Å². The average molecular weight is 314 g/mol. The van der Waals surface area contributed by atoms with Gasteiger partial charge in [0.1, 0.15) is 12.4 Å². The van der Waals surface area contributed by atoms with Gasteiger partial charge < -0.3 is 10.5 Å². The highest BCUT2D eigenvalue weighted by Crippen LogP contribution is 2.14. The van der Waals surface area contributed by atoms with Gasteiger partial charge in [-0.15, -0.1) is 0 Å². The molecular weight excluding hydrogens is 288 g/mol. The van der Waals surface area contributed by atoms with E-state index in [1.165, 1.54) is 0 Å². The zero-order valence-corrected chi connectivity index (χ0v) is 13.8. The standard InChI is InChI=1S/C15H26N2O3S/c1-12(2)7-8-13(3)17-21(18,19)10-9-20-15-6-4-5-14(16)11-15/h4-6,11-13,17H,7-10,16H2,1-3H3. The molecule has 1 atom stereocenters. The summed E-state index contributed by atoms with van der Waals surface area (Å²) in [6, 6.07) is 6.89. The van der Waals surface area contributed by atoms with Crippen molar-refractivity contribution in [2.24, 2.45) is 5.92 Å². The molecule has 0 heterocycles. The van der Waals surface area contributed by atoms with Crippen molar-refractivity contribution in [2.45, 2.75) is 39.7 Å². The maximum Gasteiger partial charge on any atom is 0.215 e. The zero-order valence-electron chi connectivity index (χ0n) is 13.0. The summed E-state index contributed by atoms with van der Waals surface area (Å²) in [7, 11) is -3.32. The summed E-state index contributed by atoms with van der Waals surface area (Å²) in [6.45, 7) is 6.25. The largest absolute Gasteiger partial charge is 0.492 e. The van der Waals surface area contributed by atoms with Crippen LogP contribution in [0.4, 0.5) is 5.69 Å². The van der Waals surface area contributed by atoms with Gasteiger partial charge in [0.05, 0.1) is 5.75 Å². The van der Waals surface area contributed by atoms with Crippen molar-refractivity contribution in [1.29, 1.82) is 0 Å². The molecule has 0 aromatic heterocycles. The highest BCUT2D eigenvalue weighted by Gasteiger charge is 2.15. The van der Waals surface area contributed by atoms with Crippen LogP contribution in [0.1, 0.15) is 33.6 Å². The summed E-state index contributed by atoms with van der Waals surface area (Å²) in [4.78, 5) is 0. The molecule has 21 heavy (non-hydrogen) atoms. The predicted octanol–water partition coefficient (Wildman–Crippen LogP) is 2.39. The smallest absolute Gasteiger partial charge is 0.215 e. The Morgan fingerprint density at radius 2 is 1.95 bits per heavy atom. The van der Waals surface area contributed by atoms with Crippen molar-refractivity contribution in [1.82, 2.24) is 4.72 Å². The van der Waals surface area contributed by atoms with Gasteiger partial charge in [0.2, 0.25) is 10.0 Å².